The molecule has 1 unspecified atom stereocenters. The Morgan fingerprint density at radius 1 is 1.54 bits per heavy atom. The molecule has 0 aromatic carbocycles. The van der Waals surface area contributed by atoms with Crippen molar-refractivity contribution < 1.29 is 24.2 Å². The molecule has 0 aliphatic carbocycles. The summed E-state index contributed by atoms with van der Waals surface area (Å²) in [6, 6.07) is -0.204. The van der Waals surface area contributed by atoms with Crippen molar-refractivity contribution in [3.05, 3.63) is 40.0 Å². The number of nitrogens with zero attached hydrogens (tertiary/aromatic N) is 3. The molecule has 0 saturated carbocycles. The number of carboxylic acids is 1. The molecule has 150 valence electrons. The highest BCUT2D eigenvalue weighted by atomic mass is 32.1. The van der Waals surface area contributed by atoms with Gasteiger partial charge in [0.25, 0.3) is 0 Å². The van der Waals surface area contributed by atoms with Gasteiger partial charge in [-0.05, 0) is 6.92 Å². The number of carbonyl (C=O) groups is 2. The van der Waals surface area contributed by atoms with Crippen molar-refractivity contribution in [2.75, 3.05) is 39.5 Å². The van der Waals surface area contributed by atoms with Gasteiger partial charge in [0.2, 0.25) is 0 Å². The molecular weight excluding hydrogens is 384 g/mol. The van der Waals surface area contributed by atoms with E-state index in [2.05, 4.69) is 20.2 Å². The lowest BCUT2D eigenvalue weighted by molar-refractivity contribution is -0.138. The van der Waals surface area contributed by atoms with Crippen LogP contribution in [-0.4, -0.2) is 78.3 Å². The van der Waals surface area contributed by atoms with Crippen LogP contribution in [0.3, 0.4) is 0 Å². The highest BCUT2D eigenvalue weighted by Crippen LogP contribution is 2.18. The van der Waals surface area contributed by atoms with Gasteiger partial charge in [-0.1, -0.05) is 6.08 Å². The Balaban J connectivity index is 1.82. The first-order valence-corrected chi connectivity index (χ1v) is 9.79. The molecule has 1 aromatic rings. The van der Waals surface area contributed by atoms with E-state index in [0.29, 0.717) is 43.4 Å². The predicted molar refractivity (Wildman–Crippen MR) is 103 cm³/mol. The van der Waals surface area contributed by atoms with E-state index in [1.54, 1.807) is 19.2 Å². The van der Waals surface area contributed by atoms with Gasteiger partial charge in [0.1, 0.15) is 0 Å². The predicted octanol–water partition coefficient (Wildman–Crippen LogP) is 0.652. The fourth-order valence-corrected chi connectivity index (χ4v) is 3.54. The smallest absolute Gasteiger partial charge is 0.337 e. The number of rotatable bonds is 7. The van der Waals surface area contributed by atoms with Gasteiger partial charge in [-0.2, -0.15) is 0 Å². The summed E-state index contributed by atoms with van der Waals surface area (Å²) in [5.41, 5.74) is 1.16. The number of carbonyl (C=O) groups excluding carboxylic acids is 1. The van der Waals surface area contributed by atoms with Crippen LogP contribution in [0.2, 0.25) is 0 Å². The van der Waals surface area contributed by atoms with Crippen LogP contribution in [0.1, 0.15) is 11.9 Å². The summed E-state index contributed by atoms with van der Waals surface area (Å²) >= 11 is 1.46. The topological polar surface area (TPSA) is 113 Å². The minimum atomic E-state index is -1.01. The fraction of sp³-hybridized carbons (Fsp3) is 0.444. The van der Waals surface area contributed by atoms with Gasteiger partial charge < -0.3 is 19.9 Å². The largest absolute Gasteiger partial charge is 0.478 e. The normalized spacial score (nSPS) is 20.8. The third kappa shape index (κ3) is 5.03. The molecule has 1 saturated heterocycles. The number of carboxylic acid groups (broad SMARTS) is 1. The van der Waals surface area contributed by atoms with Gasteiger partial charge in [-0.3, -0.25) is 9.89 Å². The number of hydrogen-bond donors (Lipinski definition) is 2. The van der Waals surface area contributed by atoms with Gasteiger partial charge in [0.05, 0.1) is 38.0 Å². The molecule has 28 heavy (non-hydrogen) atoms. The first kappa shape index (κ1) is 20.2. The zero-order chi connectivity index (χ0) is 19.9. The molecule has 10 heteroatoms. The second-order valence-electron chi connectivity index (χ2n) is 6.11. The lowest BCUT2D eigenvalue weighted by Crippen LogP contribution is -2.48. The Labute approximate surface area is 166 Å². The van der Waals surface area contributed by atoms with Gasteiger partial charge in [-0.25, -0.2) is 14.6 Å². The average molecular weight is 406 g/mol. The molecule has 3 heterocycles. The van der Waals surface area contributed by atoms with Crippen molar-refractivity contribution in [2.24, 2.45) is 4.99 Å². The number of amidine groups is 1. The second-order valence-corrected chi connectivity index (χ2v) is 7.01. The van der Waals surface area contributed by atoms with E-state index in [9.17, 15) is 9.59 Å². The molecule has 1 atom stereocenters. The number of aliphatic carboxylic acids is 1. The van der Waals surface area contributed by atoms with Crippen molar-refractivity contribution in [1.29, 1.82) is 0 Å². The monoisotopic (exact) mass is 406 g/mol. The summed E-state index contributed by atoms with van der Waals surface area (Å²) in [6.07, 6.45) is 4.41. The van der Waals surface area contributed by atoms with Gasteiger partial charge in [0, 0.05) is 36.4 Å². The van der Waals surface area contributed by atoms with E-state index >= 15 is 0 Å². The Morgan fingerprint density at radius 2 is 2.39 bits per heavy atom. The quantitative estimate of drug-likeness (QED) is 0.501. The standard InChI is InChI=1S/C18H22N4O5S/c1-2-27-18(25)13-9-20-16(17-19-5-8-28-17)21-14(13)10-22-6-7-26-11-12(22)3-4-15(23)24/h3-5,8,12H,2,6-7,9-11H2,1H3,(H,20,21)(H,23,24)/b4-3+. The maximum Gasteiger partial charge on any atom is 0.337 e. The van der Waals surface area contributed by atoms with Crippen LogP contribution in [-0.2, 0) is 19.1 Å². The molecule has 3 rings (SSSR count). The number of aliphatic imine (C=N–C) groups is 1. The van der Waals surface area contributed by atoms with E-state index in [1.165, 1.54) is 11.3 Å². The first-order valence-electron chi connectivity index (χ1n) is 8.92. The second kappa shape index (κ2) is 9.58. The lowest BCUT2D eigenvalue weighted by atomic mass is 10.1. The molecule has 1 aromatic heterocycles. The number of ether oxygens (including phenoxy) is 2. The third-order valence-corrected chi connectivity index (χ3v) is 5.07. The van der Waals surface area contributed by atoms with Crippen LogP contribution in [0.25, 0.3) is 0 Å². The van der Waals surface area contributed by atoms with Crippen LogP contribution in [0.4, 0.5) is 0 Å². The fourth-order valence-electron chi connectivity index (χ4n) is 2.94. The third-order valence-electron chi connectivity index (χ3n) is 4.29. The molecule has 0 radical (unpaired) electrons. The first-order chi connectivity index (χ1) is 13.6. The number of morpholine rings is 1. The van der Waals surface area contributed by atoms with Gasteiger partial charge in [0.15, 0.2) is 10.8 Å². The summed E-state index contributed by atoms with van der Waals surface area (Å²) in [4.78, 5) is 34.0. The zero-order valence-electron chi connectivity index (χ0n) is 15.5. The molecule has 0 spiro atoms. The van der Waals surface area contributed by atoms with E-state index in [-0.39, 0.29) is 19.2 Å². The van der Waals surface area contributed by atoms with Crippen LogP contribution in [0, 0.1) is 0 Å². The summed E-state index contributed by atoms with van der Waals surface area (Å²) in [5, 5.41) is 14.7. The van der Waals surface area contributed by atoms with Crippen molar-refractivity contribution >= 4 is 29.1 Å². The molecular formula is C18H22N4O5S. The molecule has 2 aliphatic rings. The minimum absolute atomic E-state index is 0.204. The molecule has 1 fully saturated rings. The maximum atomic E-state index is 12.4. The number of aromatic nitrogens is 1. The van der Waals surface area contributed by atoms with Crippen LogP contribution >= 0.6 is 11.3 Å². The van der Waals surface area contributed by atoms with Crippen LogP contribution < -0.4 is 5.32 Å². The Kier molecular flexibility index (Phi) is 6.90. The Hall–Kier alpha value is -2.56. The molecule has 0 amide bonds. The van der Waals surface area contributed by atoms with Crippen molar-refractivity contribution in [3.63, 3.8) is 0 Å². The molecule has 9 nitrogen and oxygen atoms in total. The number of thiazole rings is 1. The Bertz CT molecular complexity index is 803. The van der Waals surface area contributed by atoms with Crippen LogP contribution in [0.5, 0.6) is 0 Å². The minimum Gasteiger partial charge on any atom is -0.478 e. The van der Waals surface area contributed by atoms with E-state index < -0.39 is 11.9 Å². The summed E-state index contributed by atoms with van der Waals surface area (Å²) in [6.45, 7) is 4.19. The van der Waals surface area contributed by atoms with Gasteiger partial charge in [-0.15, -0.1) is 11.3 Å². The summed E-state index contributed by atoms with van der Waals surface area (Å²) in [7, 11) is 0. The maximum absolute atomic E-state index is 12.4. The number of esters is 1. The molecule has 2 N–H and O–H groups in total. The number of nitrogens with one attached hydrogen (secondary N) is 1. The van der Waals surface area contributed by atoms with Crippen molar-refractivity contribution in [2.45, 2.75) is 13.0 Å². The summed E-state index contributed by atoms with van der Waals surface area (Å²) in [5.74, 6) is -0.798. The Morgan fingerprint density at radius 3 is 3.11 bits per heavy atom. The van der Waals surface area contributed by atoms with E-state index in [4.69, 9.17) is 14.6 Å². The molecule has 2 aliphatic heterocycles. The van der Waals surface area contributed by atoms with Gasteiger partial charge >= 0.3 is 11.9 Å². The van der Waals surface area contributed by atoms with Crippen molar-refractivity contribution in [1.82, 2.24) is 15.2 Å². The highest BCUT2D eigenvalue weighted by molar-refractivity contribution is 7.11. The highest BCUT2D eigenvalue weighted by Gasteiger charge is 2.28. The SMILES string of the molecule is CCOC(=O)C1=C(CN2CCOCC2/C=C/C(=O)O)NC(c2nccs2)=NC1. The lowest BCUT2D eigenvalue weighted by Gasteiger charge is -2.35. The molecule has 0 bridgehead atoms. The zero-order valence-corrected chi connectivity index (χ0v) is 16.3. The van der Waals surface area contributed by atoms with Crippen LogP contribution in [0.15, 0.2) is 40.0 Å². The van der Waals surface area contributed by atoms with E-state index in [0.717, 1.165) is 11.1 Å². The van der Waals surface area contributed by atoms with E-state index in [1.807, 2.05) is 5.38 Å². The average Bonchev–Trinajstić information content (AvgIpc) is 3.22. The number of hydrogen-bond acceptors (Lipinski definition) is 9. The van der Waals surface area contributed by atoms with Crippen molar-refractivity contribution in [3.8, 4) is 0 Å². The summed E-state index contributed by atoms with van der Waals surface area (Å²) < 4.78 is 10.7.